The van der Waals surface area contributed by atoms with Gasteiger partial charge in [0.05, 0.1) is 0 Å². The molecule has 0 spiro atoms. The van der Waals surface area contributed by atoms with E-state index < -0.39 is 0 Å². The SMILES string of the molecule is CC(C)(C)CC(C)(C)c1ccc(Oc2ccccc2[N+]#N)cc1. The highest BCUT2D eigenvalue weighted by atomic mass is 16.5. The first kappa shape index (κ1) is 17.0. The molecular weight excluding hydrogens is 284 g/mol. The minimum absolute atomic E-state index is 0.106. The lowest BCUT2D eigenvalue weighted by Crippen LogP contribution is -2.24. The minimum atomic E-state index is 0.106. The molecule has 0 saturated carbocycles. The molecule has 120 valence electrons. The van der Waals surface area contributed by atoms with Crippen LogP contribution in [0.2, 0.25) is 0 Å². The first-order chi connectivity index (χ1) is 10.7. The third-order valence-corrected chi connectivity index (χ3v) is 3.81. The molecule has 3 heteroatoms. The summed E-state index contributed by atoms with van der Waals surface area (Å²) in [5.74, 6) is 1.27. The van der Waals surface area contributed by atoms with Crippen LogP contribution in [0.3, 0.4) is 0 Å². The molecule has 2 aromatic rings. The molecule has 0 aliphatic heterocycles. The lowest BCUT2D eigenvalue weighted by Gasteiger charge is -2.33. The summed E-state index contributed by atoms with van der Waals surface area (Å²) in [5, 5.41) is 9.00. The fraction of sp³-hybridized carbons (Fsp3) is 0.400. The van der Waals surface area contributed by atoms with Crippen molar-refractivity contribution in [3.63, 3.8) is 0 Å². The van der Waals surface area contributed by atoms with Crippen LogP contribution >= 0.6 is 0 Å². The molecule has 0 aliphatic carbocycles. The second-order valence-electron chi connectivity index (χ2n) is 7.82. The number of para-hydroxylation sites is 1. The van der Waals surface area contributed by atoms with E-state index in [1.54, 1.807) is 18.2 Å². The van der Waals surface area contributed by atoms with Crippen LogP contribution in [-0.4, -0.2) is 0 Å². The Morgan fingerprint density at radius 1 is 0.913 bits per heavy atom. The third-order valence-electron chi connectivity index (χ3n) is 3.81. The van der Waals surface area contributed by atoms with Crippen molar-refractivity contribution >= 4 is 5.69 Å². The van der Waals surface area contributed by atoms with Crippen molar-refractivity contribution in [2.24, 2.45) is 5.41 Å². The Labute approximate surface area is 138 Å². The number of benzene rings is 2. The van der Waals surface area contributed by atoms with Gasteiger partial charge in [-0.25, -0.2) is 0 Å². The number of nitrogens with zero attached hydrogens (tertiary/aromatic N) is 2. The van der Waals surface area contributed by atoms with Gasteiger partial charge in [-0.1, -0.05) is 58.9 Å². The van der Waals surface area contributed by atoms with Crippen molar-refractivity contribution in [1.29, 1.82) is 5.39 Å². The fourth-order valence-corrected chi connectivity index (χ4v) is 3.16. The first-order valence-electron chi connectivity index (χ1n) is 7.94. The van der Waals surface area contributed by atoms with Crippen molar-refractivity contribution < 1.29 is 4.74 Å². The molecule has 0 aliphatic rings. The highest BCUT2D eigenvalue weighted by Crippen LogP contribution is 2.37. The van der Waals surface area contributed by atoms with Gasteiger partial charge in [0.25, 0.3) is 0 Å². The summed E-state index contributed by atoms with van der Waals surface area (Å²) in [6, 6.07) is 15.3. The molecular formula is C20H25N2O+. The Bertz CT molecular complexity index is 704. The summed E-state index contributed by atoms with van der Waals surface area (Å²) < 4.78 is 5.82. The van der Waals surface area contributed by atoms with Gasteiger partial charge in [-0.3, -0.25) is 0 Å². The minimum Gasteiger partial charge on any atom is -0.449 e. The van der Waals surface area contributed by atoms with Crippen molar-refractivity contribution in [3.8, 4) is 11.5 Å². The molecule has 0 saturated heterocycles. The van der Waals surface area contributed by atoms with Crippen molar-refractivity contribution in [2.45, 2.75) is 46.5 Å². The normalized spacial score (nSPS) is 11.8. The number of diazo groups is 1. The Balaban J connectivity index is 2.18. The lowest BCUT2D eigenvalue weighted by molar-refractivity contribution is 0.284. The zero-order chi connectivity index (χ0) is 17.1. The second-order valence-corrected chi connectivity index (χ2v) is 7.82. The number of hydrogen-bond donors (Lipinski definition) is 0. The van der Waals surface area contributed by atoms with Gasteiger partial charge in [0.1, 0.15) is 5.75 Å². The van der Waals surface area contributed by atoms with Crippen LogP contribution in [0.5, 0.6) is 11.5 Å². The van der Waals surface area contributed by atoms with Gasteiger partial charge in [-0.05, 0) is 41.0 Å². The molecule has 0 fully saturated rings. The quantitative estimate of drug-likeness (QED) is 0.591. The molecule has 0 N–H and O–H groups in total. The lowest BCUT2D eigenvalue weighted by atomic mass is 9.72. The molecule has 0 atom stereocenters. The predicted octanol–water partition coefficient (Wildman–Crippen LogP) is 6.68. The number of ether oxygens (including phenoxy) is 1. The summed E-state index contributed by atoms with van der Waals surface area (Å²) >= 11 is 0. The average molecular weight is 309 g/mol. The van der Waals surface area contributed by atoms with Crippen LogP contribution in [0.4, 0.5) is 5.69 Å². The average Bonchev–Trinajstić information content (AvgIpc) is 2.46. The highest BCUT2D eigenvalue weighted by molar-refractivity contribution is 5.57. The van der Waals surface area contributed by atoms with Crippen molar-refractivity contribution in [3.05, 3.63) is 59.1 Å². The molecule has 0 bridgehead atoms. The summed E-state index contributed by atoms with van der Waals surface area (Å²) in [4.78, 5) is 3.24. The van der Waals surface area contributed by atoms with Gasteiger partial charge in [-0.15, -0.1) is 0 Å². The maximum absolute atomic E-state index is 9.00. The van der Waals surface area contributed by atoms with Crippen LogP contribution in [-0.2, 0) is 5.41 Å². The zero-order valence-electron chi connectivity index (χ0n) is 14.6. The van der Waals surface area contributed by atoms with Crippen molar-refractivity contribution in [2.75, 3.05) is 0 Å². The van der Waals surface area contributed by atoms with Crippen LogP contribution in [0.15, 0.2) is 48.5 Å². The monoisotopic (exact) mass is 309 g/mol. The van der Waals surface area contributed by atoms with E-state index in [9.17, 15) is 0 Å². The van der Waals surface area contributed by atoms with Crippen LogP contribution < -0.4 is 4.74 Å². The zero-order valence-corrected chi connectivity index (χ0v) is 14.6. The van der Waals surface area contributed by atoms with Gasteiger partial charge in [-0.2, -0.15) is 0 Å². The molecule has 3 nitrogen and oxygen atoms in total. The number of rotatable bonds is 4. The molecule has 0 aromatic heterocycles. The van der Waals surface area contributed by atoms with E-state index in [4.69, 9.17) is 10.1 Å². The predicted molar refractivity (Wildman–Crippen MR) is 94.8 cm³/mol. The molecule has 2 rings (SSSR count). The van der Waals surface area contributed by atoms with E-state index in [0.29, 0.717) is 11.4 Å². The van der Waals surface area contributed by atoms with E-state index in [-0.39, 0.29) is 10.8 Å². The standard InChI is InChI=1S/C20H25N2O/c1-19(2,3)14-20(4,5)15-10-12-16(13-11-15)23-18-9-7-6-8-17(18)22-21/h6-13H,14H2,1-5H3/q+1. The van der Waals surface area contributed by atoms with Gasteiger partial charge < -0.3 is 4.74 Å². The molecule has 0 amide bonds. The molecule has 0 unspecified atom stereocenters. The molecule has 2 aromatic carbocycles. The Hall–Kier alpha value is -2.34. The molecule has 0 radical (unpaired) electrons. The van der Waals surface area contributed by atoms with Gasteiger partial charge in [0.2, 0.25) is 11.1 Å². The summed E-state index contributed by atoms with van der Waals surface area (Å²) in [5.41, 5.74) is 2.10. The second kappa shape index (κ2) is 6.42. The maximum Gasteiger partial charge on any atom is 0.426 e. The third kappa shape index (κ3) is 4.56. The van der Waals surface area contributed by atoms with E-state index in [1.165, 1.54) is 5.56 Å². The van der Waals surface area contributed by atoms with E-state index in [1.807, 2.05) is 18.2 Å². The summed E-state index contributed by atoms with van der Waals surface area (Å²) in [6.45, 7) is 11.3. The number of hydrogen-bond acceptors (Lipinski definition) is 2. The van der Waals surface area contributed by atoms with Gasteiger partial charge >= 0.3 is 5.69 Å². The summed E-state index contributed by atoms with van der Waals surface area (Å²) in [6.07, 6.45) is 1.10. The van der Waals surface area contributed by atoms with Crippen LogP contribution in [0.1, 0.15) is 46.6 Å². The smallest absolute Gasteiger partial charge is 0.426 e. The Morgan fingerprint density at radius 2 is 1.52 bits per heavy atom. The first-order valence-corrected chi connectivity index (χ1v) is 7.94. The van der Waals surface area contributed by atoms with Crippen molar-refractivity contribution in [1.82, 2.24) is 0 Å². The maximum atomic E-state index is 9.00. The van der Waals surface area contributed by atoms with Gasteiger partial charge in [0.15, 0.2) is 4.98 Å². The highest BCUT2D eigenvalue weighted by Gasteiger charge is 2.27. The Kier molecular flexibility index (Phi) is 4.75. The fourth-order valence-electron chi connectivity index (χ4n) is 3.16. The van der Waals surface area contributed by atoms with E-state index >= 15 is 0 Å². The van der Waals surface area contributed by atoms with E-state index in [2.05, 4.69) is 51.7 Å². The van der Waals surface area contributed by atoms with Crippen LogP contribution in [0.25, 0.3) is 4.98 Å². The molecule has 0 heterocycles. The Morgan fingerprint density at radius 3 is 2.09 bits per heavy atom. The van der Waals surface area contributed by atoms with E-state index in [0.717, 1.165) is 12.2 Å². The van der Waals surface area contributed by atoms with Crippen LogP contribution in [0, 0.1) is 10.8 Å². The largest absolute Gasteiger partial charge is 0.449 e. The topological polar surface area (TPSA) is 37.4 Å². The van der Waals surface area contributed by atoms with Gasteiger partial charge in [0, 0.05) is 6.07 Å². The molecule has 23 heavy (non-hydrogen) atoms. The summed E-state index contributed by atoms with van der Waals surface area (Å²) in [7, 11) is 0.